The van der Waals surface area contributed by atoms with E-state index in [0.29, 0.717) is 17.2 Å². The van der Waals surface area contributed by atoms with Crippen molar-refractivity contribution in [2.24, 2.45) is 5.92 Å². The summed E-state index contributed by atoms with van der Waals surface area (Å²) in [5.74, 6) is 1.10. The van der Waals surface area contributed by atoms with E-state index < -0.39 is 6.03 Å². The normalized spacial score (nSPS) is 19.4. The second-order valence-electron chi connectivity index (χ2n) is 8.46. The molecule has 29 heavy (non-hydrogen) atoms. The molecule has 3 amide bonds. The number of anilines is 1. The maximum atomic E-state index is 12.3. The quantitative estimate of drug-likeness (QED) is 0.692. The first kappa shape index (κ1) is 19.1. The van der Waals surface area contributed by atoms with Crippen LogP contribution in [0.4, 0.5) is 10.5 Å². The summed E-state index contributed by atoms with van der Waals surface area (Å²) < 4.78 is 10.5. The molecule has 0 bridgehead atoms. The summed E-state index contributed by atoms with van der Waals surface area (Å²) >= 11 is 0. The van der Waals surface area contributed by atoms with E-state index in [-0.39, 0.29) is 30.0 Å². The van der Waals surface area contributed by atoms with Gasteiger partial charge in [0, 0.05) is 17.7 Å². The molecule has 0 saturated heterocycles. The summed E-state index contributed by atoms with van der Waals surface area (Å²) in [7, 11) is 0. The number of rotatable bonds is 3. The highest BCUT2D eigenvalue weighted by Gasteiger charge is 2.44. The molecule has 4 rings (SSSR count). The van der Waals surface area contributed by atoms with Crippen LogP contribution in [0.25, 0.3) is 0 Å². The number of hydrazine groups is 1. The number of carbonyl (C=O) groups excluding carboxylic acids is 2. The number of urea groups is 1. The van der Waals surface area contributed by atoms with Gasteiger partial charge in [0.05, 0.1) is 0 Å². The monoisotopic (exact) mass is 395 g/mol. The van der Waals surface area contributed by atoms with Crippen molar-refractivity contribution in [1.29, 1.82) is 0 Å². The van der Waals surface area contributed by atoms with Crippen molar-refractivity contribution < 1.29 is 19.1 Å². The van der Waals surface area contributed by atoms with Crippen molar-refractivity contribution in [1.82, 2.24) is 10.9 Å². The fourth-order valence-corrected chi connectivity index (χ4v) is 3.43. The van der Waals surface area contributed by atoms with Crippen LogP contribution < -0.4 is 25.6 Å². The Morgan fingerprint density at radius 1 is 0.966 bits per heavy atom. The fraction of sp³-hybridized carbons (Fsp3) is 0.364. The molecule has 0 radical (unpaired) electrons. The van der Waals surface area contributed by atoms with Crippen molar-refractivity contribution >= 4 is 17.6 Å². The van der Waals surface area contributed by atoms with Gasteiger partial charge in [0.2, 0.25) is 12.7 Å². The van der Waals surface area contributed by atoms with Gasteiger partial charge in [-0.1, -0.05) is 45.0 Å². The zero-order valence-corrected chi connectivity index (χ0v) is 16.7. The Bertz CT molecular complexity index is 934. The molecule has 7 heteroatoms. The highest BCUT2D eigenvalue weighted by molar-refractivity contribution is 5.92. The van der Waals surface area contributed by atoms with E-state index in [2.05, 4.69) is 61.2 Å². The van der Waals surface area contributed by atoms with E-state index in [4.69, 9.17) is 9.47 Å². The topological polar surface area (TPSA) is 88.7 Å². The summed E-state index contributed by atoms with van der Waals surface area (Å²) in [5, 5.41) is 2.65. The number of hydrogen-bond donors (Lipinski definition) is 3. The van der Waals surface area contributed by atoms with Gasteiger partial charge in [-0.05, 0) is 41.0 Å². The molecule has 1 aliphatic heterocycles. The minimum atomic E-state index is -0.524. The van der Waals surface area contributed by atoms with Crippen molar-refractivity contribution in [2.45, 2.75) is 38.5 Å². The molecule has 1 fully saturated rings. The SMILES string of the molecule is CC(C)(C)c1ccc([C@H]2C[C@@H]2C(=O)NNC(=O)Nc2ccc3c(c2)OCO3)cc1. The zero-order chi connectivity index (χ0) is 20.6. The Labute approximate surface area is 169 Å². The lowest BCUT2D eigenvalue weighted by Gasteiger charge is -2.19. The van der Waals surface area contributed by atoms with Gasteiger partial charge in [0.15, 0.2) is 11.5 Å². The van der Waals surface area contributed by atoms with Gasteiger partial charge in [-0.25, -0.2) is 10.2 Å². The third kappa shape index (κ3) is 4.29. The lowest BCUT2D eigenvalue weighted by atomic mass is 9.86. The van der Waals surface area contributed by atoms with E-state index >= 15 is 0 Å². The number of fused-ring (bicyclic) bond motifs is 1. The van der Waals surface area contributed by atoms with Crippen LogP contribution in [0.3, 0.4) is 0 Å². The molecule has 1 saturated carbocycles. The van der Waals surface area contributed by atoms with Crippen molar-refractivity contribution in [3.8, 4) is 11.5 Å². The number of carbonyl (C=O) groups is 2. The maximum absolute atomic E-state index is 12.3. The molecule has 2 atom stereocenters. The van der Waals surface area contributed by atoms with Gasteiger partial charge in [-0.15, -0.1) is 0 Å². The predicted molar refractivity (Wildman–Crippen MR) is 109 cm³/mol. The minimum Gasteiger partial charge on any atom is -0.454 e. The third-order valence-corrected chi connectivity index (χ3v) is 5.26. The van der Waals surface area contributed by atoms with E-state index in [0.717, 1.165) is 12.0 Å². The molecule has 2 aromatic carbocycles. The van der Waals surface area contributed by atoms with Crippen LogP contribution in [-0.2, 0) is 10.2 Å². The van der Waals surface area contributed by atoms with Crippen molar-refractivity contribution in [2.75, 3.05) is 12.1 Å². The van der Waals surface area contributed by atoms with E-state index in [1.54, 1.807) is 18.2 Å². The smallest absolute Gasteiger partial charge is 0.337 e. The number of ether oxygens (including phenoxy) is 2. The Morgan fingerprint density at radius 3 is 2.41 bits per heavy atom. The van der Waals surface area contributed by atoms with Crippen LogP contribution in [-0.4, -0.2) is 18.7 Å². The van der Waals surface area contributed by atoms with Gasteiger partial charge < -0.3 is 14.8 Å². The van der Waals surface area contributed by atoms with Crippen LogP contribution in [0.15, 0.2) is 42.5 Å². The van der Waals surface area contributed by atoms with Crippen LogP contribution >= 0.6 is 0 Å². The largest absolute Gasteiger partial charge is 0.454 e. The molecule has 152 valence electrons. The van der Waals surface area contributed by atoms with Gasteiger partial charge in [0.1, 0.15) is 0 Å². The third-order valence-electron chi connectivity index (χ3n) is 5.26. The lowest BCUT2D eigenvalue weighted by Crippen LogP contribution is -2.44. The fourth-order valence-electron chi connectivity index (χ4n) is 3.43. The van der Waals surface area contributed by atoms with Crippen molar-refractivity contribution in [3.63, 3.8) is 0 Å². The Kier molecular flexibility index (Phi) is 4.82. The Hall–Kier alpha value is -3.22. The summed E-state index contributed by atoms with van der Waals surface area (Å²) in [6.45, 7) is 6.70. The number of benzene rings is 2. The van der Waals surface area contributed by atoms with Crippen LogP contribution in [0.1, 0.15) is 44.2 Å². The molecule has 0 spiro atoms. The number of nitrogens with one attached hydrogen (secondary N) is 3. The van der Waals surface area contributed by atoms with Gasteiger partial charge in [-0.2, -0.15) is 0 Å². The zero-order valence-electron chi connectivity index (χ0n) is 16.7. The second-order valence-corrected chi connectivity index (χ2v) is 8.46. The van der Waals surface area contributed by atoms with Crippen molar-refractivity contribution in [3.05, 3.63) is 53.6 Å². The average Bonchev–Trinajstić information content (AvgIpc) is 3.35. The van der Waals surface area contributed by atoms with E-state index in [1.807, 2.05) is 0 Å². The van der Waals surface area contributed by atoms with Crippen LogP contribution in [0.2, 0.25) is 0 Å². The van der Waals surface area contributed by atoms with Crippen LogP contribution in [0.5, 0.6) is 11.5 Å². The molecule has 2 aliphatic rings. The molecular formula is C22H25N3O4. The predicted octanol–water partition coefficient (Wildman–Crippen LogP) is 3.67. The average molecular weight is 395 g/mol. The molecule has 0 aromatic heterocycles. The highest BCUT2D eigenvalue weighted by atomic mass is 16.7. The summed E-state index contributed by atoms with van der Waals surface area (Å²) in [6.07, 6.45) is 0.784. The summed E-state index contributed by atoms with van der Waals surface area (Å²) in [6, 6.07) is 13.0. The molecule has 1 aliphatic carbocycles. The van der Waals surface area contributed by atoms with Gasteiger partial charge in [0.25, 0.3) is 0 Å². The highest BCUT2D eigenvalue weighted by Crippen LogP contribution is 2.47. The van der Waals surface area contributed by atoms with Crippen LogP contribution in [0, 0.1) is 5.92 Å². The number of hydrogen-bond acceptors (Lipinski definition) is 4. The van der Waals surface area contributed by atoms with Gasteiger partial charge >= 0.3 is 6.03 Å². The molecule has 1 heterocycles. The van der Waals surface area contributed by atoms with Gasteiger partial charge in [-0.3, -0.25) is 10.2 Å². The van der Waals surface area contributed by atoms with E-state index in [1.165, 1.54) is 5.56 Å². The molecule has 0 unspecified atom stereocenters. The maximum Gasteiger partial charge on any atom is 0.337 e. The second kappa shape index (κ2) is 7.31. The first-order valence-electron chi connectivity index (χ1n) is 9.68. The first-order valence-corrected chi connectivity index (χ1v) is 9.68. The Morgan fingerprint density at radius 2 is 1.69 bits per heavy atom. The van der Waals surface area contributed by atoms with E-state index in [9.17, 15) is 9.59 Å². The standard InChI is InChI=1S/C22H25N3O4/c1-22(2,3)14-6-4-13(5-7-14)16-11-17(16)20(26)24-25-21(27)23-15-8-9-18-19(10-15)29-12-28-18/h4-10,16-17H,11-12H2,1-3H3,(H,24,26)(H2,23,25,27)/t16-,17+/m1/s1. The molecule has 7 nitrogen and oxygen atoms in total. The molecule has 3 N–H and O–H groups in total. The molecule has 2 aromatic rings. The molecular weight excluding hydrogens is 370 g/mol. The summed E-state index contributed by atoms with van der Waals surface area (Å²) in [4.78, 5) is 24.4. The Balaban J connectivity index is 1.25. The first-order chi connectivity index (χ1) is 13.8. The number of amides is 3. The summed E-state index contributed by atoms with van der Waals surface area (Å²) in [5.41, 5.74) is 7.97. The lowest BCUT2D eigenvalue weighted by molar-refractivity contribution is -0.123. The minimum absolute atomic E-state index is 0.105.